The molecule has 0 saturated heterocycles. The molecule has 0 N–H and O–H groups in total. The quantitative estimate of drug-likeness (QED) is 0.467. The molecule has 0 aliphatic carbocycles. The lowest BCUT2D eigenvalue weighted by atomic mass is 10.1. The highest BCUT2D eigenvalue weighted by molar-refractivity contribution is 6.20. The van der Waals surface area contributed by atoms with Crippen molar-refractivity contribution in [1.82, 2.24) is 0 Å². The molecule has 0 aliphatic rings. The van der Waals surface area contributed by atoms with Crippen LogP contribution in [0.15, 0.2) is 24.3 Å². The molecule has 1 aromatic carbocycles. The maximum atomic E-state index is 12.0. The summed E-state index contributed by atoms with van der Waals surface area (Å²) in [5.41, 5.74) is 0.0317. The molecule has 88 valence electrons. The second-order valence-corrected chi connectivity index (χ2v) is 3.66. The van der Waals surface area contributed by atoms with E-state index < -0.39 is 22.9 Å². The Morgan fingerprint density at radius 2 is 1.81 bits per heavy atom. The first-order chi connectivity index (χ1) is 7.29. The molecule has 0 radical (unpaired) electrons. The smallest absolute Gasteiger partial charge is 0.258 e. The minimum atomic E-state index is -4.35. The molecular weight excluding hydrogens is 247 g/mol. The third kappa shape index (κ3) is 3.69. The molecule has 3 nitrogen and oxygen atoms in total. The van der Waals surface area contributed by atoms with Gasteiger partial charge in [0, 0.05) is 12.1 Å². The molecular formula is C9H7ClF3NO2. The Kier molecular flexibility index (Phi) is 3.74. The van der Waals surface area contributed by atoms with Crippen LogP contribution >= 0.6 is 11.6 Å². The third-order valence-corrected chi connectivity index (χ3v) is 2.28. The second kappa shape index (κ2) is 4.69. The molecule has 0 aliphatic heterocycles. The van der Waals surface area contributed by atoms with Crippen LogP contribution in [0.1, 0.15) is 17.4 Å². The number of non-ortho nitro benzene ring substituents is 1. The number of nitro groups is 1. The van der Waals surface area contributed by atoms with E-state index in [-0.39, 0.29) is 11.3 Å². The topological polar surface area (TPSA) is 43.1 Å². The van der Waals surface area contributed by atoms with E-state index in [9.17, 15) is 23.3 Å². The van der Waals surface area contributed by atoms with Crippen molar-refractivity contribution in [1.29, 1.82) is 0 Å². The number of nitrogens with zero attached hydrogens (tertiary/aromatic N) is 1. The van der Waals surface area contributed by atoms with Crippen LogP contribution in [0.4, 0.5) is 18.9 Å². The highest BCUT2D eigenvalue weighted by Gasteiger charge is 2.31. The summed E-state index contributed by atoms with van der Waals surface area (Å²) in [6.07, 6.45) is -5.51. The van der Waals surface area contributed by atoms with Crippen molar-refractivity contribution in [2.75, 3.05) is 0 Å². The Morgan fingerprint density at radius 3 is 2.19 bits per heavy atom. The van der Waals surface area contributed by atoms with E-state index in [2.05, 4.69) is 0 Å². The van der Waals surface area contributed by atoms with Crippen molar-refractivity contribution in [3.05, 3.63) is 39.9 Å². The molecule has 0 aromatic heterocycles. The van der Waals surface area contributed by atoms with E-state index in [0.717, 1.165) is 12.1 Å². The molecule has 1 rings (SSSR count). The Morgan fingerprint density at radius 1 is 1.31 bits per heavy atom. The van der Waals surface area contributed by atoms with Crippen LogP contribution in [0.25, 0.3) is 0 Å². The van der Waals surface area contributed by atoms with Gasteiger partial charge in [0.05, 0.1) is 16.7 Å². The summed E-state index contributed by atoms with van der Waals surface area (Å²) >= 11 is 5.53. The molecule has 0 bridgehead atoms. The van der Waals surface area contributed by atoms with Gasteiger partial charge < -0.3 is 0 Å². The molecule has 0 amide bonds. The van der Waals surface area contributed by atoms with Gasteiger partial charge in [0.1, 0.15) is 0 Å². The van der Waals surface area contributed by atoms with Gasteiger partial charge in [-0.1, -0.05) is 12.1 Å². The van der Waals surface area contributed by atoms with Gasteiger partial charge >= 0.3 is 6.18 Å². The number of alkyl halides is 4. The third-order valence-electron chi connectivity index (χ3n) is 1.88. The highest BCUT2D eigenvalue weighted by Crippen LogP contribution is 2.34. The number of hydrogen-bond acceptors (Lipinski definition) is 2. The molecule has 0 spiro atoms. The van der Waals surface area contributed by atoms with Crippen LogP contribution in [0.5, 0.6) is 0 Å². The van der Waals surface area contributed by atoms with Crippen molar-refractivity contribution in [3.8, 4) is 0 Å². The lowest BCUT2D eigenvalue weighted by Crippen LogP contribution is -2.10. The van der Waals surface area contributed by atoms with Crippen LogP contribution in [0.2, 0.25) is 0 Å². The number of nitro benzene ring substituents is 1. The Labute approximate surface area is 94.0 Å². The lowest BCUT2D eigenvalue weighted by Gasteiger charge is -2.12. The van der Waals surface area contributed by atoms with E-state index in [4.69, 9.17) is 11.6 Å². The summed E-state index contributed by atoms with van der Waals surface area (Å²) in [7, 11) is 0. The highest BCUT2D eigenvalue weighted by atomic mass is 35.5. The molecule has 0 heterocycles. The predicted octanol–water partition coefficient (Wildman–Crippen LogP) is 3.83. The maximum absolute atomic E-state index is 12.0. The standard InChI is InChI=1S/C9H7ClF3NO2/c10-8(5-9(11,12)13)6-1-3-7(4-2-6)14(15)16/h1-4,8H,5H2. The van der Waals surface area contributed by atoms with E-state index in [1.165, 1.54) is 12.1 Å². The SMILES string of the molecule is O=[N+]([O-])c1ccc(C(Cl)CC(F)(F)F)cc1. The number of rotatable bonds is 3. The van der Waals surface area contributed by atoms with Crippen molar-refractivity contribution in [2.45, 2.75) is 18.0 Å². The van der Waals surface area contributed by atoms with Crippen LogP contribution in [-0.4, -0.2) is 11.1 Å². The normalized spacial score (nSPS) is 13.5. The average Bonchev–Trinajstić information content (AvgIpc) is 2.15. The van der Waals surface area contributed by atoms with Crippen molar-refractivity contribution in [2.24, 2.45) is 0 Å². The largest absolute Gasteiger partial charge is 0.390 e. The predicted molar refractivity (Wildman–Crippen MR) is 52.4 cm³/mol. The van der Waals surface area contributed by atoms with Gasteiger partial charge in [-0.2, -0.15) is 13.2 Å². The molecule has 1 aromatic rings. The van der Waals surface area contributed by atoms with Gasteiger partial charge in [-0.3, -0.25) is 10.1 Å². The average molecular weight is 254 g/mol. The van der Waals surface area contributed by atoms with E-state index in [0.29, 0.717) is 0 Å². The van der Waals surface area contributed by atoms with E-state index in [1.54, 1.807) is 0 Å². The Hall–Kier alpha value is -1.30. The summed E-state index contributed by atoms with van der Waals surface area (Å²) < 4.78 is 36.0. The Bertz CT molecular complexity index is 377. The zero-order valence-electron chi connectivity index (χ0n) is 7.87. The molecule has 16 heavy (non-hydrogen) atoms. The number of halogens is 4. The van der Waals surface area contributed by atoms with Gasteiger partial charge in [-0.15, -0.1) is 11.6 Å². The van der Waals surface area contributed by atoms with Crippen molar-refractivity contribution >= 4 is 17.3 Å². The summed E-state index contributed by atoms with van der Waals surface area (Å²) in [6, 6.07) is 4.70. The first-order valence-electron chi connectivity index (χ1n) is 4.25. The molecule has 1 atom stereocenters. The summed E-state index contributed by atoms with van der Waals surface area (Å²) in [5, 5.41) is 9.08. The molecule has 0 saturated carbocycles. The van der Waals surface area contributed by atoms with Gasteiger partial charge in [0.25, 0.3) is 5.69 Å². The fraction of sp³-hybridized carbons (Fsp3) is 0.333. The molecule has 1 unspecified atom stereocenters. The fourth-order valence-electron chi connectivity index (χ4n) is 1.13. The van der Waals surface area contributed by atoms with Gasteiger partial charge in [-0.05, 0) is 5.56 Å². The zero-order chi connectivity index (χ0) is 12.3. The monoisotopic (exact) mass is 253 g/mol. The fourth-order valence-corrected chi connectivity index (χ4v) is 1.45. The minimum Gasteiger partial charge on any atom is -0.258 e. The summed E-state index contributed by atoms with van der Waals surface area (Å²) in [4.78, 5) is 9.68. The Balaban J connectivity index is 2.78. The maximum Gasteiger partial charge on any atom is 0.390 e. The summed E-state index contributed by atoms with van der Waals surface area (Å²) in [6.45, 7) is 0. The van der Waals surface area contributed by atoms with E-state index >= 15 is 0 Å². The number of benzene rings is 1. The molecule has 0 fully saturated rings. The van der Waals surface area contributed by atoms with Gasteiger partial charge in [0.15, 0.2) is 0 Å². The number of hydrogen-bond donors (Lipinski definition) is 0. The zero-order valence-corrected chi connectivity index (χ0v) is 8.63. The van der Waals surface area contributed by atoms with Crippen molar-refractivity contribution in [3.63, 3.8) is 0 Å². The van der Waals surface area contributed by atoms with Crippen LogP contribution in [0.3, 0.4) is 0 Å². The van der Waals surface area contributed by atoms with Gasteiger partial charge in [0.2, 0.25) is 0 Å². The van der Waals surface area contributed by atoms with Crippen molar-refractivity contribution < 1.29 is 18.1 Å². The minimum absolute atomic E-state index is 0.181. The van der Waals surface area contributed by atoms with Crippen LogP contribution in [0, 0.1) is 10.1 Å². The molecule has 7 heteroatoms. The van der Waals surface area contributed by atoms with E-state index in [1.807, 2.05) is 0 Å². The second-order valence-electron chi connectivity index (χ2n) is 3.14. The van der Waals surface area contributed by atoms with Crippen LogP contribution < -0.4 is 0 Å². The first-order valence-corrected chi connectivity index (χ1v) is 4.68. The first kappa shape index (κ1) is 12.8. The van der Waals surface area contributed by atoms with Crippen LogP contribution in [-0.2, 0) is 0 Å². The summed E-state index contributed by atoms with van der Waals surface area (Å²) in [5.74, 6) is 0. The lowest BCUT2D eigenvalue weighted by molar-refractivity contribution is -0.384. The van der Waals surface area contributed by atoms with Gasteiger partial charge in [-0.25, -0.2) is 0 Å².